The first kappa shape index (κ1) is 52.7. The number of phosphoric ester groups is 1. The molecule has 0 saturated carbocycles. The summed E-state index contributed by atoms with van der Waals surface area (Å²) in [5.41, 5.74) is 5.34. The highest BCUT2D eigenvalue weighted by Crippen LogP contribution is 2.43. The molecular weight excluding hydrogens is 713 g/mol. The zero-order valence-corrected chi connectivity index (χ0v) is 35.8. The molecular formula is C45H80NO8P. The van der Waals surface area contributed by atoms with Gasteiger partial charge in [0.2, 0.25) is 0 Å². The molecule has 0 heterocycles. The van der Waals surface area contributed by atoms with E-state index >= 15 is 0 Å². The topological polar surface area (TPSA) is 134 Å². The van der Waals surface area contributed by atoms with Crippen molar-refractivity contribution in [2.45, 2.75) is 187 Å². The predicted octanol–water partition coefficient (Wildman–Crippen LogP) is 12.5. The fourth-order valence-electron chi connectivity index (χ4n) is 5.61. The maximum absolute atomic E-state index is 12.6. The molecule has 0 aromatic rings. The molecule has 0 aliphatic heterocycles. The maximum Gasteiger partial charge on any atom is 0.472 e. The minimum absolute atomic E-state index is 0.0444. The van der Waals surface area contributed by atoms with E-state index in [4.69, 9.17) is 24.3 Å². The second kappa shape index (κ2) is 41.3. The molecule has 2 unspecified atom stereocenters. The Labute approximate surface area is 336 Å². The standard InChI is InChI=1S/C45H80NO8P/c1-3-5-7-9-11-13-15-17-19-20-21-22-24-26-28-30-32-34-36-38-45(48)54-43(42-53-55(49,50)52-40-39-46)41-51-44(47)37-35-33-31-29-27-25-23-18-16-14-12-10-8-6-4-2/h11,13,17-19,21-23,26,28,43H,3-10,12,14-16,20,24-25,27,29-42,46H2,1-2H3,(H,49,50). The van der Waals surface area contributed by atoms with E-state index in [0.717, 1.165) is 70.6 Å². The van der Waals surface area contributed by atoms with Crippen LogP contribution in [0, 0.1) is 0 Å². The average molecular weight is 794 g/mol. The van der Waals surface area contributed by atoms with Crippen molar-refractivity contribution in [3.8, 4) is 0 Å². The Bertz CT molecular complexity index is 1090. The summed E-state index contributed by atoms with van der Waals surface area (Å²) in [6, 6.07) is 0. The summed E-state index contributed by atoms with van der Waals surface area (Å²) < 4.78 is 32.7. The van der Waals surface area contributed by atoms with Gasteiger partial charge in [0.1, 0.15) is 6.61 Å². The van der Waals surface area contributed by atoms with Crippen LogP contribution in [0.5, 0.6) is 0 Å². The molecule has 0 radical (unpaired) electrons. The van der Waals surface area contributed by atoms with Gasteiger partial charge in [-0.25, -0.2) is 4.57 Å². The van der Waals surface area contributed by atoms with Crippen molar-refractivity contribution >= 4 is 19.8 Å². The van der Waals surface area contributed by atoms with E-state index in [1.54, 1.807) is 0 Å². The third-order valence-electron chi connectivity index (χ3n) is 8.88. The van der Waals surface area contributed by atoms with Gasteiger partial charge in [0.05, 0.1) is 13.2 Å². The summed E-state index contributed by atoms with van der Waals surface area (Å²) in [6.07, 6.45) is 48.2. The molecule has 0 fully saturated rings. The lowest BCUT2D eigenvalue weighted by Gasteiger charge is -2.19. The first-order valence-electron chi connectivity index (χ1n) is 21.8. The lowest BCUT2D eigenvalue weighted by atomic mass is 10.1. The number of nitrogens with two attached hydrogens (primary N) is 1. The Kier molecular flexibility index (Phi) is 39.6. The van der Waals surface area contributed by atoms with E-state index in [-0.39, 0.29) is 32.6 Å². The van der Waals surface area contributed by atoms with Crippen molar-refractivity contribution < 1.29 is 37.6 Å². The normalized spacial score (nSPS) is 13.9. The zero-order chi connectivity index (χ0) is 40.3. The Morgan fingerprint density at radius 1 is 0.545 bits per heavy atom. The molecule has 9 nitrogen and oxygen atoms in total. The third-order valence-corrected chi connectivity index (χ3v) is 9.86. The number of unbranched alkanes of at least 4 members (excludes halogenated alkanes) is 17. The Morgan fingerprint density at radius 2 is 0.945 bits per heavy atom. The van der Waals surface area contributed by atoms with Gasteiger partial charge >= 0.3 is 19.8 Å². The smallest absolute Gasteiger partial charge is 0.462 e. The summed E-state index contributed by atoms with van der Waals surface area (Å²) in [5, 5.41) is 0. The molecule has 0 aromatic heterocycles. The Balaban J connectivity index is 4.25. The van der Waals surface area contributed by atoms with E-state index in [9.17, 15) is 19.0 Å². The van der Waals surface area contributed by atoms with Gasteiger partial charge < -0.3 is 20.1 Å². The summed E-state index contributed by atoms with van der Waals surface area (Å²) in [6.45, 7) is 3.64. The van der Waals surface area contributed by atoms with Crippen LogP contribution in [0.4, 0.5) is 0 Å². The molecule has 0 spiro atoms. The van der Waals surface area contributed by atoms with Crippen LogP contribution in [0.3, 0.4) is 0 Å². The Morgan fingerprint density at radius 3 is 1.47 bits per heavy atom. The SMILES string of the molecule is CCCCCC=CCC=CCC=CCC=CCCCCCC(=O)OC(COC(=O)CCCCCCCC=CCCCCCCCC)COP(=O)(O)OCCN. The van der Waals surface area contributed by atoms with E-state index in [1.165, 1.54) is 70.6 Å². The summed E-state index contributed by atoms with van der Waals surface area (Å²) in [5.74, 6) is -0.877. The molecule has 10 heteroatoms. The number of allylic oxidation sites excluding steroid dienone is 10. The number of phosphoric acid groups is 1. The van der Waals surface area contributed by atoms with Crippen molar-refractivity contribution in [2.24, 2.45) is 5.73 Å². The zero-order valence-electron chi connectivity index (χ0n) is 34.9. The molecule has 3 N–H and O–H groups in total. The van der Waals surface area contributed by atoms with Gasteiger partial charge in [-0.1, -0.05) is 145 Å². The van der Waals surface area contributed by atoms with Crippen molar-refractivity contribution in [3.63, 3.8) is 0 Å². The number of carbonyl (C=O) groups excluding carboxylic acids is 2. The van der Waals surface area contributed by atoms with Crippen LogP contribution in [0.15, 0.2) is 60.8 Å². The third kappa shape index (κ3) is 41.2. The molecule has 55 heavy (non-hydrogen) atoms. The van der Waals surface area contributed by atoms with Gasteiger partial charge in [-0.05, 0) is 83.5 Å². The predicted molar refractivity (Wildman–Crippen MR) is 229 cm³/mol. The average Bonchev–Trinajstić information content (AvgIpc) is 3.17. The number of esters is 2. The molecule has 318 valence electrons. The molecule has 0 rings (SSSR count). The Hall–Kier alpha value is -2.29. The number of carbonyl (C=O) groups is 2. The van der Waals surface area contributed by atoms with Crippen LogP contribution in [-0.2, 0) is 32.7 Å². The molecule has 0 saturated heterocycles. The molecule has 0 aliphatic carbocycles. The van der Waals surface area contributed by atoms with E-state index < -0.39 is 32.5 Å². The van der Waals surface area contributed by atoms with Crippen LogP contribution in [0.1, 0.15) is 181 Å². The largest absolute Gasteiger partial charge is 0.472 e. The summed E-state index contributed by atoms with van der Waals surface area (Å²) >= 11 is 0. The van der Waals surface area contributed by atoms with Gasteiger partial charge in [-0.3, -0.25) is 18.6 Å². The second-order valence-corrected chi connectivity index (χ2v) is 15.7. The monoisotopic (exact) mass is 794 g/mol. The maximum atomic E-state index is 12.6. The van der Waals surface area contributed by atoms with Gasteiger partial charge in [-0.2, -0.15) is 0 Å². The number of ether oxygens (including phenoxy) is 2. The minimum Gasteiger partial charge on any atom is -0.462 e. The highest BCUT2D eigenvalue weighted by Gasteiger charge is 2.26. The lowest BCUT2D eigenvalue weighted by molar-refractivity contribution is -0.161. The molecule has 0 aliphatic rings. The number of rotatable bonds is 40. The molecule has 2 atom stereocenters. The molecule has 0 bridgehead atoms. The first-order valence-corrected chi connectivity index (χ1v) is 23.3. The van der Waals surface area contributed by atoms with Crippen molar-refractivity contribution in [2.75, 3.05) is 26.4 Å². The number of hydrogen-bond acceptors (Lipinski definition) is 8. The summed E-state index contributed by atoms with van der Waals surface area (Å²) in [7, 11) is -4.39. The fourth-order valence-corrected chi connectivity index (χ4v) is 6.38. The van der Waals surface area contributed by atoms with Crippen LogP contribution < -0.4 is 5.73 Å². The highest BCUT2D eigenvalue weighted by atomic mass is 31.2. The van der Waals surface area contributed by atoms with Gasteiger partial charge in [0.15, 0.2) is 6.10 Å². The summed E-state index contributed by atoms with van der Waals surface area (Å²) in [4.78, 5) is 34.9. The first-order chi connectivity index (χ1) is 26.8. The van der Waals surface area contributed by atoms with Crippen LogP contribution in [0.25, 0.3) is 0 Å². The number of hydrogen-bond donors (Lipinski definition) is 2. The van der Waals surface area contributed by atoms with Crippen molar-refractivity contribution in [1.82, 2.24) is 0 Å². The minimum atomic E-state index is -4.39. The van der Waals surface area contributed by atoms with Gasteiger partial charge in [0.25, 0.3) is 0 Å². The lowest BCUT2D eigenvalue weighted by Crippen LogP contribution is -2.29. The van der Waals surface area contributed by atoms with Crippen LogP contribution in [-0.4, -0.2) is 49.3 Å². The van der Waals surface area contributed by atoms with Gasteiger partial charge in [-0.15, -0.1) is 0 Å². The molecule has 0 amide bonds. The van der Waals surface area contributed by atoms with Crippen LogP contribution >= 0.6 is 7.82 Å². The highest BCUT2D eigenvalue weighted by molar-refractivity contribution is 7.47. The van der Waals surface area contributed by atoms with Crippen molar-refractivity contribution in [1.29, 1.82) is 0 Å². The van der Waals surface area contributed by atoms with Gasteiger partial charge in [0, 0.05) is 19.4 Å². The molecule has 0 aromatic carbocycles. The second-order valence-electron chi connectivity index (χ2n) is 14.2. The van der Waals surface area contributed by atoms with E-state index in [2.05, 4.69) is 74.6 Å². The van der Waals surface area contributed by atoms with E-state index in [1.807, 2.05) is 0 Å². The van der Waals surface area contributed by atoms with E-state index in [0.29, 0.717) is 12.8 Å². The van der Waals surface area contributed by atoms with Crippen molar-refractivity contribution in [3.05, 3.63) is 60.8 Å². The fraction of sp³-hybridized carbons (Fsp3) is 0.733. The van der Waals surface area contributed by atoms with Crippen LogP contribution in [0.2, 0.25) is 0 Å². The quantitative estimate of drug-likeness (QED) is 0.0269.